The van der Waals surface area contributed by atoms with Gasteiger partial charge in [0.15, 0.2) is 0 Å². The number of benzene rings is 1. The Labute approximate surface area is 136 Å². The van der Waals surface area contributed by atoms with Crippen molar-refractivity contribution in [1.29, 1.82) is 0 Å². The van der Waals surface area contributed by atoms with Gasteiger partial charge in [0.1, 0.15) is 16.1 Å². The molecule has 1 aromatic heterocycles. The van der Waals surface area contributed by atoms with Crippen LogP contribution in [0.1, 0.15) is 23.9 Å². The first kappa shape index (κ1) is 14.5. The van der Waals surface area contributed by atoms with Gasteiger partial charge in [-0.3, -0.25) is 0 Å². The number of thioether (sulfide) groups is 1. The minimum Gasteiger partial charge on any atom is -0.219 e. The van der Waals surface area contributed by atoms with Crippen molar-refractivity contribution < 1.29 is 0 Å². The summed E-state index contributed by atoms with van der Waals surface area (Å²) in [6.07, 6.45) is 2.26. The Hall–Kier alpha value is -0.480. The summed E-state index contributed by atoms with van der Waals surface area (Å²) in [7, 11) is 0. The van der Waals surface area contributed by atoms with Crippen LogP contribution in [0.4, 0.5) is 0 Å². The lowest BCUT2D eigenvalue weighted by molar-refractivity contribution is 0.777. The minimum absolute atomic E-state index is 0.304. The van der Waals surface area contributed by atoms with Crippen molar-refractivity contribution in [2.24, 2.45) is 0 Å². The van der Waals surface area contributed by atoms with E-state index in [1.54, 1.807) is 6.07 Å². The van der Waals surface area contributed by atoms with Gasteiger partial charge < -0.3 is 0 Å². The third-order valence-corrected chi connectivity index (χ3v) is 5.32. The van der Waals surface area contributed by atoms with Gasteiger partial charge in [0.05, 0.1) is 10.8 Å². The normalized spacial score (nSPS) is 18.4. The molecule has 2 heterocycles. The topological polar surface area (TPSA) is 25.8 Å². The molecular formula is C14H11Cl3N2S. The third kappa shape index (κ3) is 2.91. The van der Waals surface area contributed by atoms with Crippen LogP contribution in [0.2, 0.25) is 15.3 Å². The lowest BCUT2D eigenvalue weighted by atomic mass is 10.1. The molecule has 1 fully saturated rings. The Balaban J connectivity index is 2.04. The molecule has 3 rings (SSSR count). The molecule has 0 aliphatic carbocycles. The van der Waals surface area contributed by atoms with Gasteiger partial charge in [0.25, 0.3) is 0 Å². The highest BCUT2D eigenvalue weighted by Gasteiger charge is 2.23. The van der Waals surface area contributed by atoms with Gasteiger partial charge in [-0.2, -0.15) is 11.8 Å². The highest BCUT2D eigenvalue weighted by Crippen LogP contribution is 2.41. The van der Waals surface area contributed by atoms with Crippen molar-refractivity contribution in [3.05, 3.63) is 45.4 Å². The predicted octanol–water partition coefficient (Wildman–Crippen LogP) is 5.67. The summed E-state index contributed by atoms with van der Waals surface area (Å²) in [5.41, 5.74) is 1.47. The first-order valence-corrected chi connectivity index (χ1v) is 8.44. The Morgan fingerprint density at radius 1 is 1.10 bits per heavy atom. The highest BCUT2D eigenvalue weighted by molar-refractivity contribution is 7.99. The second kappa shape index (κ2) is 6.10. The largest absolute Gasteiger partial charge is 0.219 e. The van der Waals surface area contributed by atoms with Gasteiger partial charge in [-0.25, -0.2) is 9.97 Å². The maximum atomic E-state index is 6.31. The van der Waals surface area contributed by atoms with Crippen molar-refractivity contribution in [3.8, 4) is 11.1 Å². The maximum absolute atomic E-state index is 6.31. The quantitative estimate of drug-likeness (QED) is 0.656. The fourth-order valence-corrected chi connectivity index (χ4v) is 4.25. The summed E-state index contributed by atoms with van der Waals surface area (Å²) in [4.78, 5) is 8.86. The Kier molecular flexibility index (Phi) is 4.41. The number of hydrogen-bond acceptors (Lipinski definition) is 3. The lowest BCUT2D eigenvalue weighted by Gasteiger charge is -2.12. The molecule has 1 saturated heterocycles. The molecule has 0 radical (unpaired) electrons. The van der Waals surface area contributed by atoms with E-state index in [-0.39, 0.29) is 0 Å². The van der Waals surface area contributed by atoms with Gasteiger partial charge in [-0.15, -0.1) is 0 Å². The summed E-state index contributed by atoms with van der Waals surface area (Å²) in [5.74, 6) is 1.87. The van der Waals surface area contributed by atoms with Crippen molar-refractivity contribution in [1.82, 2.24) is 9.97 Å². The van der Waals surface area contributed by atoms with Gasteiger partial charge in [-0.05, 0) is 36.3 Å². The molecule has 104 valence electrons. The second-order valence-corrected chi connectivity index (χ2v) is 7.01. The molecular weight excluding hydrogens is 335 g/mol. The monoisotopic (exact) mass is 344 g/mol. The zero-order valence-electron chi connectivity index (χ0n) is 10.4. The number of halogens is 3. The molecule has 1 aliphatic heterocycles. The van der Waals surface area contributed by atoms with Crippen molar-refractivity contribution in [2.45, 2.75) is 18.1 Å². The minimum atomic E-state index is 0.304. The van der Waals surface area contributed by atoms with Crippen molar-refractivity contribution >= 4 is 46.6 Å². The smallest absolute Gasteiger partial charge is 0.144 e. The summed E-state index contributed by atoms with van der Waals surface area (Å²) in [5, 5.41) is 1.70. The average molecular weight is 346 g/mol. The van der Waals surface area contributed by atoms with Gasteiger partial charge in [0.2, 0.25) is 0 Å². The fourth-order valence-electron chi connectivity index (χ4n) is 2.23. The SMILES string of the molecule is Clc1cccc(-c2c(Cl)nc(C3CCCS3)nc2Cl)c1. The van der Waals surface area contributed by atoms with Crippen molar-refractivity contribution in [3.63, 3.8) is 0 Å². The van der Waals surface area contributed by atoms with E-state index in [0.717, 1.165) is 23.6 Å². The molecule has 0 bridgehead atoms. The van der Waals surface area contributed by atoms with Crippen LogP contribution in [0.15, 0.2) is 24.3 Å². The van der Waals surface area contributed by atoms with Crippen LogP contribution in [0.25, 0.3) is 11.1 Å². The summed E-state index contributed by atoms with van der Waals surface area (Å²) < 4.78 is 0. The van der Waals surface area contributed by atoms with E-state index < -0.39 is 0 Å². The van der Waals surface area contributed by atoms with E-state index >= 15 is 0 Å². The van der Waals surface area contributed by atoms with E-state index in [1.807, 2.05) is 30.0 Å². The molecule has 1 unspecified atom stereocenters. The number of nitrogens with zero attached hydrogens (tertiary/aromatic N) is 2. The molecule has 0 spiro atoms. The Morgan fingerprint density at radius 3 is 2.45 bits per heavy atom. The summed E-state index contributed by atoms with van der Waals surface area (Å²) >= 11 is 20.5. The van der Waals surface area contributed by atoms with Crippen LogP contribution in [0.3, 0.4) is 0 Å². The van der Waals surface area contributed by atoms with Crippen LogP contribution in [0, 0.1) is 0 Å². The second-order valence-electron chi connectivity index (χ2n) is 4.55. The van der Waals surface area contributed by atoms with E-state index in [0.29, 0.717) is 26.1 Å². The number of rotatable bonds is 2. The summed E-state index contributed by atoms with van der Waals surface area (Å²) in [6.45, 7) is 0. The molecule has 0 saturated carbocycles. The van der Waals surface area contributed by atoms with Crippen LogP contribution in [0.5, 0.6) is 0 Å². The van der Waals surface area contributed by atoms with Gasteiger partial charge in [-0.1, -0.05) is 46.9 Å². The van der Waals surface area contributed by atoms with Crippen molar-refractivity contribution in [2.75, 3.05) is 5.75 Å². The highest BCUT2D eigenvalue weighted by atomic mass is 35.5. The number of aromatic nitrogens is 2. The first-order chi connectivity index (χ1) is 9.65. The lowest BCUT2D eigenvalue weighted by Crippen LogP contribution is -2.01. The first-order valence-electron chi connectivity index (χ1n) is 6.25. The van der Waals surface area contributed by atoms with E-state index in [2.05, 4.69) is 9.97 Å². The molecule has 6 heteroatoms. The molecule has 0 amide bonds. The van der Waals surface area contributed by atoms with Crippen LogP contribution < -0.4 is 0 Å². The molecule has 1 aliphatic rings. The molecule has 1 atom stereocenters. The van der Waals surface area contributed by atoms with E-state index in [9.17, 15) is 0 Å². The molecule has 2 aromatic rings. The fraction of sp³-hybridized carbons (Fsp3) is 0.286. The zero-order valence-corrected chi connectivity index (χ0v) is 13.5. The zero-order chi connectivity index (χ0) is 14.1. The maximum Gasteiger partial charge on any atom is 0.144 e. The van der Waals surface area contributed by atoms with Crippen LogP contribution >= 0.6 is 46.6 Å². The number of hydrogen-bond donors (Lipinski definition) is 0. The Bertz CT molecular complexity index is 619. The van der Waals surface area contributed by atoms with E-state index in [4.69, 9.17) is 34.8 Å². The molecule has 1 aromatic carbocycles. The molecule has 0 N–H and O–H groups in total. The van der Waals surface area contributed by atoms with Gasteiger partial charge >= 0.3 is 0 Å². The van der Waals surface area contributed by atoms with Gasteiger partial charge in [0, 0.05) is 5.02 Å². The Morgan fingerprint density at radius 2 is 1.85 bits per heavy atom. The predicted molar refractivity (Wildman–Crippen MR) is 86.9 cm³/mol. The molecule has 20 heavy (non-hydrogen) atoms. The third-order valence-electron chi connectivity index (χ3n) is 3.17. The standard InChI is InChI=1S/C14H11Cl3N2S/c15-9-4-1-3-8(7-9)11-12(16)18-14(19-13(11)17)10-5-2-6-20-10/h1,3-4,7,10H,2,5-6H2. The van der Waals surface area contributed by atoms with E-state index in [1.165, 1.54) is 6.42 Å². The van der Waals surface area contributed by atoms with Crippen LogP contribution in [-0.4, -0.2) is 15.7 Å². The molecule has 2 nitrogen and oxygen atoms in total. The summed E-state index contributed by atoms with van der Waals surface area (Å²) in [6, 6.07) is 7.36. The van der Waals surface area contributed by atoms with Crippen LogP contribution in [-0.2, 0) is 0 Å². The average Bonchev–Trinajstić information content (AvgIpc) is 2.91.